The Labute approximate surface area is 152 Å². The second-order valence-corrected chi connectivity index (χ2v) is 6.75. The van der Waals surface area contributed by atoms with Gasteiger partial charge in [-0.05, 0) is 35.9 Å². The van der Waals surface area contributed by atoms with Gasteiger partial charge in [0.05, 0.1) is 20.3 Å². The van der Waals surface area contributed by atoms with Crippen molar-refractivity contribution in [1.29, 1.82) is 0 Å². The van der Waals surface area contributed by atoms with Crippen LogP contribution in [0, 0.1) is 0 Å². The van der Waals surface area contributed by atoms with E-state index in [-0.39, 0.29) is 5.28 Å². The van der Waals surface area contributed by atoms with E-state index in [1.807, 2.05) is 17.5 Å². The van der Waals surface area contributed by atoms with E-state index in [9.17, 15) is 4.39 Å². The molecule has 9 heteroatoms. The number of ether oxygens (including phenoxy) is 1. The van der Waals surface area contributed by atoms with Crippen LogP contribution in [0.1, 0.15) is 16.9 Å². The molecular formula is C15H15Cl2FN4OS. The van der Waals surface area contributed by atoms with E-state index in [0.717, 1.165) is 4.88 Å². The van der Waals surface area contributed by atoms with Crippen molar-refractivity contribution in [3.8, 4) is 5.75 Å². The molecule has 0 aliphatic heterocycles. The number of hydrogen-bond donors (Lipinski definition) is 1. The highest BCUT2D eigenvalue weighted by Gasteiger charge is 2.23. The number of aromatic nitrogens is 3. The van der Waals surface area contributed by atoms with Gasteiger partial charge in [0.2, 0.25) is 5.28 Å². The van der Waals surface area contributed by atoms with Crippen molar-refractivity contribution in [2.24, 2.45) is 0 Å². The molecule has 0 aliphatic carbocycles. The van der Waals surface area contributed by atoms with Crippen molar-refractivity contribution in [3.63, 3.8) is 0 Å². The molecule has 0 fully saturated rings. The summed E-state index contributed by atoms with van der Waals surface area (Å²) in [5.41, 5.74) is 1.30. The fraction of sp³-hybridized carbons (Fsp3) is 0.333. The van der Waals surface area contributed by atoms with Gasteiger partial charge < -0.3 is 10.1 Å². The summed E-state index contributed by atoms with van der Waals surface area (Å²) in [5, 5.41) is 9.82. The minimum Gasteiger partial charge on any atom is -0.494 e. The highest BCUT2D eigenvalue weighted by atomic mass is 35.5. The Morgan fingerprint density at radius 3 is 2.92 bits per heavy atom. The Balaban J connectivity index is 2.07. The summed E-state index contributed by atoms with van der Waals surface area (Å²) >= 11 is 14.1. The molecule has 0 saturated heterocycles. The highest BCUT2D eigenvalue weighted by molar-refractivity contribution is 7.09. The number of thiophene rings is 1. The van der Waals surface area contributed by atoms with E-state index in [0.29, 0.717) is 47.2 Å². The van der Waals surface area contributed by atoms with Crippen LogP contribution >= 0.6 is 34.5 Å². The van der Waals surface area contributed by atoms with Gasteiger partial charge in [0.1, 0.15) is 5.15 Å². The molecule has 0 unspecified atom stereocenters. The fourth-order valence-electron chi connectivity index (χ4n) is 2.50. The highest BCUT2D eigenvalue weighted by Crippen LogP contribution is 2.38. The Morgan fingerprint density at radius 2 is 2.25 bits per heavy atom. The van der Waals surface area contributed by atoms with Gasteiger partial charge in [-0.3, -0.25) is 4.39 Å². The van der Waals surface area contributed by atoms with E-state index in [2.05, 4.69) is 15.4 Å². The molecule has 3 rings (SSSR count). The van der Waals surface area contributed by atoms with Crippen molar-refractivity contribution in [2.45, 2.75) is 19.4 Å². The lowest BCUT2D eigenvalue weighted by molar-refractivity contribution is 0.412. The molecule has 0 bridgehead atoms. The molecule has 3 aromatic heterocycles. The standard InChI is InChI=1S/C15H15Cl2FN4OS/c1-23-12-10(5-2-6-18)13(16)22-11(12)14(20-15(17)21-22)19-8-9-4-3-7-24-9/h3-4,7H,2,5-6,8H2,1H3,(H,19,20,21). The maximum Gasteiger partial charge on any atom is 0.243 e. The predicted molar refractivity (Wildman–Crippen MR) is 95.5 cm³/mol. The molecule has 1 N–H and O–H groups in total. The Kier molecular flexibility index (Phi) is 5.43. The average molecular weight is 389 g/mol. The number of rotatable bonds is 7. The third kappa shape index (κ3) is 3.29. The summed E-state index contributed by atoms with van der Waals surface area (Å²) < 4.78 is 19.6. The lowest BCUT2D eigenvalue weighted by Gasteiger charge is -2.08. The van der Waals surface area contributed by atoms with Gasteiger partial charge >= 0.3 is 0 Å². The van der Waals surface area contributed by atoms with Crippen LogP contribution in [0.25, 0.3) is 5.52 Å². The van der Waals surface area contributed by atoms with Crippen LogP contribution < -0.4 is 10.1 Å². The Morgan fingerprint density at radius 1 is 1.42 bits per heavy atom. The van der Waals surface area contributed by atoms with Gasteiger partial charge in [0, 0.05) is 10.4 Å². The van der Waals surface area contributed by atoms with Crippen molar-refractivity contribution in [2.75, 3.05) is 19.1 Å². The molecule has 5 nitrogen and oxygen atoms in total. The number of nitrogens with one attached hydrogen (secondary N) is 1. The molecule has 0 atom stereocenters. The third-order valence-electron chi connectivity index (χ3n) is 3.52. The smallest absolute Gasteiger partial charge is 0.243 e. The molecule has 0 aromatic carbocycles. The second-order valence-electron chi connectivity index (χ2n) is 5.02. The SMILES string of the molecule is COc1c(CCCF)c(Cl)n2nc(Cl)nc(NCc3cccs3)c12. The van der Waals surface area contributed by atoms with Crippen molar-refractivity contribution in [3.05, 3.63) is 38.4 Å². The van der Waals surface area contributed by atoms with Crippen LogP contribution in [0.2, 0.25) is 10.4 Å². The quantitative estimate of drug-likeness (QED) is 0.641. The molecule has 0 saturated carbocycles. The third-order valence-corrected chi connectivity index (χ3v) is 4.95. The fourth-order valence-corrected chi connectivity index (χ4v) is 3.61. The molecule has 0 radical (unpaired) electrons. The lowest BCUT2D eigenvalue weighted by atomic mass is 10.2. The van der Waals surface area contributed by atoms with Crippen LogP contribution in [0.5, 0.6) is 5.75 Å². The first-order chi connectivity index (χ1) is 11.7. The molecule has 3 aromatic rings. The summed E-state index contributed by atoms with van der Waals surface area (Å²) in [6.45, 7) is 0.161. The Bertz CT molecular complexity index is 838. The van der Waals surface area contributed by atoms with E-state index in [1.165, 1.54) is 4.52 Å². The van der Waals surface area contributed by atoms with Crippen molar-refractivity contribution < 1.29 is 9.13 Å². The summed E-state index contributed by atoms with van der Waals surface area (Å²) in [6.07, 6.45) is 0.802. The summed E-state index contributed by atoms with van der Waals surface area (Å²) in [5.74, 6) is 1.06. The number of nitrogens with zero attached hydrogens (tertiary/aromatic N) is 3. The normalized spacial score (nSPS) is 11.2. The minimum absolute atomic E-state index is 0.0628. The van der Waals surface area contributed by atoms with Crippen LogP contribution in [-0.2, 0) is 13.0 Å². The van der Waals surface area contributed by atoms with E-state index in [4.69, 9.17) is 27.9 Å². The molecule has 0 amide bonds. The minimum atomic E-state index is -0.429. The second kappa shape index (κ2) is 7.55. The molecule has 128 valence electrons. The first-order valence-electron chi connectivity index (χ1n) is 7.28. The van der Waals surface area contributed by atoms with E-state index >= 15 is 0 Å². The number of fused-ring (bicyclic) bond motifs is 1. The Hall–Kier alpha value is -1.57. The van der Waals surface area contributed by atoms with Crippen molar-refractivity contribution >= 4 is 45.9 Å². The van der Waals surface area contributed by atoms with Gasteiger partial charge in [-0.25, -0.2) is 4.52 Å². The monoisotopic (exact) mass is 388 g/mol. The zero-order valence-corrected chi connectivity index (χ0v) is 15.2. The number of anilines is 1. The molecule has 24 heavy (non-hydrogen) atoms. The molecule has 0 aliphatic rings. The summed E-state index contributed by atoms with van der Waals surface area (Å²) in [7, 11) is 1.54. The topological polar surface area (TPSA) is 51.5 Å². The number of halogens is 3. The number of methoxy groups -OCH3 is 1. The van der Waals surface area contributed by atoms with Crippen molar-refractivity contribution in [1.82, 2.24) is 14.6 Å². The van der Waals surface area contributed by atoms with Crippen LogP contribution in [0.4, 0.5) is 10.2 Å². The predicted octanol–water partition coefficient (Wildman–Crippen LogP) is 4.62. The van der Waals surface area contributed by atoms with Crippen LogP contribution in [0.3, 0.4) is 0 Å². The molecule has 0 spiro atoms. The largest absolute Gasteiger partial charge is 0.494 e. The zero-order valence-electron chi connectivity index (χ0n) is 12.9. The van der Waals surface area contributed by atoms with Crippen LogP contribution in [0.15, 0.2) is 17.5 Å². The van der Waals surface area contributed by atoms with Gasteiger partial charge in [-0.2, -0.15) is 4.98 Å². The maximum atomic E-state index is 12.6. The lowest BCUT2D eigenvalue weighted by Crippen LogP contribution is -2.05. The van der Waals surface area contributed by atoms with Gasteiger partial charge in [-0.1, -0.05) is 17.7 Å². The van der Waals surface area contributed by atoms with Gasteiger partial charge in [0.25, 0.3) is 0 Å². The summed E-state index contributed by atoms with van der Waals surface area (Å²) in [4.78, 5) is 5.41. The van der Waals surface area contributed by atoms with E-state index < -0.39 is 6.67 Å². The van der Waals surface area contributed by atoms with Gasteiger partial charge in [0.15, 0.2) is 17.1 Å². The maximum absolute atomic E-state index is 12.6. The molecule has 3 heterocycles. The van der Waals surface area contributed by atoms with Crippen LogP contribution in [-0.4, -0.2) is 28.4 Å². The average Bonchev–Trinajstić information content (AvgIpc) is 3.18. The zero-order chi connectivity index (χ0) is 17.1. The molecular weight excluding hydrogens is 374 g/mol. The number of hydrogen-bond acceptors (Lipinski definition) is 5. The first kappa shape index (κ1) is 17.3. The first-order valence-corrected chi connectivity index (χ1v) is 8.92. The van der Waals surface area contributed by atoms with Gasteiger partial charge in [-0.15, -0.1) is 16.4 Å². The number of alkyl halides is 1. The summed E-state index contributed by atoms with van der Waals surface area (Å²) in [6, 6.07) is 4.00. The van der Waals surface area contributed by atoms with E-state index in [1.54, 1.807) is 18.4 Å².